The molecule has 0 aliphatic heterocycles. The number of hydrogen-bond donors (Lipinski definition) is 1. The Hall–Kier alpha value is -1.92. The van der Waals surface area contributed by atoms with E-state index in [2.05, 4.69) is 5.32 Å². The van der Waals surface area contributed by atoms with Crippen LogP contribution >= 0.6 is 11.6 Å². The zero-order valence-electron chi connectivity index (χ0n) is 11.4. The molecule has 2 rings (SSSR count). The van der Waals surface area contributed by atoms with E-state index in [-0.39, 0.29) is 22.8 Å². The molecular formula is C15H13ClFNO3S. The van der Waals surface area contributed by atoms with Crippen LogP contribution in [-0.4, -0.2) is 26.6 Å². The summed E-state index contributed by atoms with van der Waals surface area (Å²) in [7, 11) is -3.58. The van der Waals surface area contributed by atoms with E-state index in [1.165, 1.54) is 12.1 Å². The highest BCUT2D eigenvalue weighted by molar-refractivity contribution is 7.91. The van der Waals surface area contributed by atoms with E-state index in [0.29, 0.717) is 5.02 Å². The fraction of sp³-hybridized carbons (Fsp3) is 0.133. The predicted molar refractivity (Wildman–Crippen MR) is 82.2 cm³/mol. The first-order valence-corrected chi connectivity index (χ1v) is 8.44. The molecule has 0 atom stereocenters. The molecule has 2 aromatic carbocycles. The molecular weight excluding hydrogens is 329 g/mol. The van der Waals surface area contributed by atoms with Crippen molar-refractivity contribution in [2.75, 3.05) is 12.3 Å². The maximum atomic E-state index is 12.8. The first kappa shape index (κ1) is 16.5. The summed E-state index contributed by atoms with van der Waals surface area (Å²) in [6.45, 7) is -0.0657. The van der Waals surface area contributed by atoms with Crippen LogP contribution in [0.15, 0.2) is 53.4 Å². The van der Waals surface area contributed by atoms with Crippen molar-refractivity contribution in [3.05, 3.63) is 64.9 Å². The summed E-state index contributed by atoms with van der Waals surface area (Å²) >= 11 is 5.88. The molecule has 0 radical (unpaired) electrons. The van der Waals surface area contributed by atoms with E-state index < -0.39 is 21.6 Å². The highest BCUT2D eigenvalue weighted by Crippen LogP contribution is 2.15. The molecule has 0 bridgehead atoms. The molecule has 0 saturated heterocycles. The molecule has 1 N–H and O–H groups in total. The molecule has 1 amide bonds. The van der Waals surface area contributed by atoms with Crippen LogP contribution in [0.3, 0.4) is 0 Å². The van der Waals surface area contributed by atoms with Gasteiger partial charge in [-0.1, -0.05) is 23.7 Å². The van der Waals surface area contributed by atoms with E-state index in [4.69, 9.17) is 11.6 Å². The molecule has 0 saturated carbocycles. The molecule has 0 unspecified atom stereocenters. The lowest BCUT2D eigenvalue weighted by atomic mass is 10.2. The quantitative estimate of drug-likeness (QED) is 0.850. The molecule has 4 nitrogen and oxygen atoms in total. The highest BCUT2D eigenvalue weighted by atomic mass is 35.5. The molecule has 0 spiro atoms. The van der Waals surface area contributed by atoms with Crippen LogP contribution in [0, 0.1) is 5.82 Å². The smallest absolute Gasteiger partial charge is 0.252 e. The molecule has 0 aliphatic rings. The van der Waals surface area contributed by atoms with Gasteiger partial charge in [-0.2, -0.15) is 0 Å². The van der Waals surface area contributed by atoms with Crippen molar-refractivity contribution >= 4 is 27.3 Å². The Morgan fingerprint density at radius 3 is 2.36 bits per heavy atom. The number of nitrogens with one attached hydrogen (secondary N) is 1. The molecule has 0 aliphatic carbocycles. The normalized spacial score (nSPS) is 11.2. The number of benzene rings is 2. The van der Waals surface area contributed by atoms with Crippen LogP contribution < -0.4 is 5.32 Å². The van der Waals surface area contributed by atoms with E-state index >= 15 is 0 Å². The van der Waals surface area contributed by atoms with Gasteiger partial charge in [0.25, 0.3) is 5.91 Å². The maximum Gasteiger partial charge on any atom is 0.252 e. The van der Waals surface area contributed by atoms with Crippen molar-refractivity contribution in [2.24, 2.45) is 0 Å². The lowest BCUT2D eigenvalue weighted by molar-refractivity contribution is 0.0956. The van der Waals surface area contributed by atoms with E-state index in [1.54, 1.807) is 24.3 Å². The van der Waals surface area contributed by atoms with Crippen molar-refractivity contribution in [3.8, 4) is 0 Å². The second kappa shape index (κ2) is 6.89. The second-order valence-corrected chi connectivity index (χ2v) is 7.02. The zero-order chi connectivity index (χ0) is 16.2. The summed E-state index contributed by atoms with van der Waals surface area (Å²) in [5, 5.41) is 2.79. The van der Waals surface area contributed by atoms with Gasteiger partial charge in [-0.25, -0.2) is 12.8 Å². The first-order valence-electron chi connectivity index (χ1n) is 6.41. The summed E-state index contributed by atoms with van der Waals surface area (Å²) in [6, 6.07) is 11.0. The number of rotatable bonds is 5. The lowest BCUT2D eigenvalue weighted by Gasteiger charge is -2.07. The van der Waals surface area contributed by atoms with Crippen molar-refractivity contribution in [1.82, 2.24) is 5.32 Å². The van der Waals surface area contributed by atoms with Crippen LogP contribution in [0.4, 0.5) is 4.39 Å². The number of sulfone groups is 1. The third kappa shape index (κ3) is 4.05. The highest BCUT2D eigenvalue weighted by Gasteiger charge is 2.15. The van der Waals surface area contributed by atoms with Gasteiger partial charge >= 0.3 is 0 Å². The van der Waals surface area contributed by atoms with E-state index in [0.717, 1.165) is 12.1 Å². The van der Waals surface area contributed by atoms with Gasteiger partial charge in [-0.15, -0.1) is 0 Å². The van der Waals surface area contributed by atoms with Crippen molar-refractivity contribution in [3.63, 3.8) is 0 Å². The third-order valence-corrected chi connectivity index (χ3v) is 5.01. The van der Waals surface area contributed by atoms with Gasteiger partial charge in [0, 0.05) is 6.54 Å². The molecule has 22 heavy (non-hydrogen) atoms. The van der Waals surface area contributed by atoms with Crippen LogP contribution in [0.5, 0.6) is 0 Å². The Bertz CT molecular complexity index is 776. The Morgan fingerprint density at radius 2 is 1.73 bits per heavy atom. The van der Waals surface area contributed by atoms with Crippen molar-refractivity contribution in [2.45, 2.75) is 4.90 Å². The summed E-state index contributed by atoms with van der Waals surface area (Å²) in [4.78, 5) is 11.9. The standard InChI is InChI=1S/C15H13ClFNO3S/c16-14-4-2-1-3-13(14)15(19)18-9-10-22(20,21)12-7-5-11(17)6-8-12/h1-8H,9-10H2,(H,18,19). The fourth-order valence-corrected chi connectivity index (χ4v) is 3.18. The largest absolute Gasteiger partial charge is 0.351 e. The summed E-state index contributed by atoms with van der Waals surface area (Å²) < 4.78 is 36.9. The third-order valence-electron chi connectivity index (χ3n) is 2.95. The van der Waals surface area contributed by atoms with Gasteiger partial charge in [0.05, 0.1) is 21.2 Å². The number of carbonyl (C=O) groups excluding carboxylic acids is 1. The topological polar surface area (TPSA) is 63.2 Å². The second-order valence-electron chi connectivity index (χ2n) is 4.51. The molecule has 2 aromatic rings. The Morgan fingerprint density at radius 1 is 1.09 bits per heavy atom. The van der Waals surface area contributed by atoms with Gasteiger partial charge in [0.1, 0.15) is 5.82 Å². The first-order chi connectivity index (χ1) is 10.4. The van der Waals surface area contributed by atoms with Crippen LogP contribution in [0.2, 0.25) is 5.02 Å². The van der Waals surface area contributed by atoms with Crippen LogP contribution in [0.25, 0.3) is 0 Å². The lowest BCUT2D eigenvalue weighted by Crippen LogP contribution is -2.29. The summed E-state index contributed by atoms with van der Waals surface area (Å²) in [5.74, 6) is -1.24. The van der Waals surface area contributed by atoms with E-state index in [1.807, 2.05) is 0 Å². The molecule has 116 valence electrons. The molecule has 0 aromatic heterocycles. The predicted octanol–water partition coefficient (Wildman–Crippen LogP) is 2.68. The molecule has 7 heteroatoms. The van der Waals surface area contributed by atoms with Gasteiger partial charge < -0.3 is 5.32 Å². The van der Waals surface area contributed by atoms with Gasteiger partial charge in [0.15, 0.2) is 9.84 Å². The fourth-order valence-electron chi connectivity index (χ4n) is 1.80. The average molecular weight is 342 g/mol. The van der Waals surface area contributed by atoms with Crippen molar-refractivity contribution in [1.29, 1.82) is 0 Å². The number of amides is 1. The maximum absolute atomic E-state index is 12.8. The monoisotopic (exact) mass is 341 g/mol. The summed E-state index contributed by atoms with van der Waals surface area (Å²) in [5.41, 5.74) is 0.281. The minimum Gasteiger partial charge on any atom is -0.351 e. The van der Waals surface area contributed by atoms with Crippen molar-refractivity contribution < 1.29 is 17.6 Å². The van der Waals surface area contributed by atoms with Crippen LogP contribution in [0.1, 0.15) is 10.4 Å². The molecule has 0 fully saturated rings. The Balaban J connectivity index is 1.97. The van der Waals surface area contributed by atoms with E-state index in [9.17, 15) is 17.6 Å². The van der Waals surface area contributed by atoms with Crippen LogP contribution in [-0.2, 0) is 9.84 Å². The molecule has 0 heterocycles. The SMILES string of the molecule is O=C(NCCS(=O)(=O)c1ccc(F)cc1)c1ccccc1Cl. The van der Waals surface area contributed by atoms with Gasteiger partial charge in [-0.05, 0) is 36.4 Å². The summed E-state index contributed by atoms with van der Waals surface area (Å²) in [6.07, 6.45) is 0. The number of carbonyl (C=O) groups is 1. The Labute approximate surface area is 132 Å². The van der Waals surface area contributed by atoms with Gasteiger partial charge in [0.2, 0.25) is 0 Å². The zero-order valence-corrected chi connectivity index (χ0v) is 13.0. The minimum absolute atomic E-state index is 0.0147. The minimum atomic E-state index is -3.58. The average Bonchev–Trinajstić information content (AvgIpc) is 2.48. The number of hydrogen-bond acceptors (Lipinski definition) is 3. The number of halogens is 2. The Kier molecular flexibility index (Phi) is 5.15. The van der Waals surface area contributed by atoms with Gasteiger partial charge in [-0.3, -0.25) is 4.79 Å².